The molecule has 0 aliphatic carbocycles. The highest BCUT2D eigenvalue weighted by Gasteiger charge is 2.18. The number of nitrogens with one attached hydrogen (secondary N) is 1. The van der Waals surface area contributed by atoms with Gasteiger partial charge in [0.15, 0.2) is 6.10 Å². The lowest BCUT2D eigenvalue weighted by Gasteiger charge is -2.24. The first kappa shape index (κ1) is 29.4. The lowest BCUT2D eigenvalue weighted by molar-refractivity contribution is -0.149. The third-order valence-electron chi connectivity index (χ3n) is 6.06. The number of carboxylic acids is 1. The van der Waals surface area contributed by atoms with Crippen LogP contribution in [-0.4, -0.2) is 61.5 Å². The van der Waals surface area contributed by atoms with Gasteiger partial charge in [0.25, 0.3) is 0 Å². The van der Waals surface area contributed by atoms with E-state index in [2.05, 4.69) is 5.32 Å². The molecular weight excluding hydrogens is 503 g/mol. The molecule has 0 aliphatic heterocycles. The number of nitrogens with zero attached hydrogens (tertiary/aromatic N) is 1. The molecule has 0 saturated carbocycles. The van der Waals surface area contributed by atoms with Crippen molar-refractivity contribution < 1.29 is 33.3 Å². The van der Waals surface area contributed by atoms with Crippen molar-refractivity contribution in [2.75, 3.05) is 38.7 Å². The first-order chi connectivity index (χ1) is 18.9. The van der Waals surface area contributed by atoms with Gasteiger partial charge in [0.1, 0.15) is 23.9 Å². The van der Waals surface area contributed by atoms with Gasteiger partial charge in [-0.05, 0) is 67.3 Å². The number of aryl methyl sites for hydroxylation is 1. The largest absolute Gasteiger partial charge is 0.495 e. The van der Waals surface area contributed by atoms with Gasteiger partial charge in [0, 0.05) is 19.6 Å². The Bertz CT molecular complexity index is 1190. The van der Waals surface area contributed by atoms with Gasteiger partial charge in [-0.25, -0.2) is 14.0 Å². The molecule has 2 N–H and O–H groups in total. The maximum absolute atomic E-state index is 13.2. The van der Waals surface area contributed by atoms with E-state index >= 15 is 0 Å². The number of urea groups is 1. The summed E-state index contributed by atoms with van der Waals surface area (Å²) >= 11 is 0. The van der Waals surface area contributed by atoms with Crippen LogP contribution in [0.3, 0.4) is 0 Å². The molecule has 0 heterocycles. The number of hydrogen-bond donors (Lipinski definition) is 2. The van der Waals surface area contributed by atoms with Gasteiger partial charge in [0.05, 0.1) is 19.3 Å². The van der Waals surface area contributed by atoms with Gasteiger partial charge in [-0.1, -0.05) is 36.4 Å². The van der Waals surface area contributed by atoms with Crippen molar-refractivity contribution >= 4 is 17.7 Å². The number of rotatable bonds is 15. The molecule has 39 heavy (non-hydrogen) atoms. The monoisotopic (exact) mass is 538 g/mol. The number of methoxy groups -OCH3 is 1. The van der Waals surface area contributed by atoms with Gasteiger partial charge >= 0.3 is 12.0 Å². The summed E-state index contributed by atoms with van der Waals surface area (Å²) in [6.07, 6.45) is 0.741. The van der Waals surface area contributed by atoms with Crippen LogP contribution in [-0.2, 0) is 22.4 Å². The number of carbonyl (C=O) groups is 2. The normalized spacial score (nSPS) is 11.5. The minimum absolute atomic E-state index is 0.256. The second-order valence-electron chi connectivity index (χ2n) is 8.83. The molecule has 1 unspecified atom stereocenters. The summed E-state index contributed by atoms with van der Waals surface area (Å²) in [5.41, 5.74) is 2.38. The number of aliphatic carboxylic acids is 1. The first-order valence-electron chi connectivity index (χ1n) is 12.9. The summed E-state index contributed by atoms with van der Waals surface area (Å²) in [6, 6.07) is 20.4. The van der Waals surface area contributed by atoms with Gasteiger partial charge in [-0.2, -0.15) is 0 Å². The molecule has 0 aromatic heterocycles. The van der Waals surface area contributed by atoms with E-state index in [9.17, 15) is 19.1 Å². The summed E-state index contributed by atoms with van der Waals surface area (Å²) in [7, 11) is 1.54. The van der Waals surface area contributed by atoms with Crippen LogP contribution in [0.5, 0.6) is 11.5 Å². The fourth-order valence-electron chi connectivity index (χ4n) is 4.01. The fourth-order valence-corrected chi connectivity index (χ4v) is 4.01. The lowest BCUT2D eigenvalue weighted by atomic mass is 10.1. The van der Waals surface area contributed by atoms with Crippen molar-refractivity contribution in [3.63, 3.8) is 0 Å². The van der Waals surface area contributed by atoms with Crippen LogP contribution in [0.1, 0.15) is 24.5 Å². The first-order valence-corrected chi connectivity index (χ1v) is 12.9. The van der Waals surface area contributed by atoms with Crippen LogP contribution in [0, 0.1) is 5.82 Å². The van der Waals surface area contributed by atoms with Crippen molar-refractivity contribution in [2.45, 2.75) is 32.3 Å². The maximum atomic E-state index is 13.2. The molecule has 3 aromatic rings. The lowest BCUT2D eigenvalue weighted by Crippen LogP contribution is -2.38. The molecule has 0 aliphatic rings. The molecule has 208 valence electrons. The highest BCUT2D eigenvalue weighted by molar-refractivity contribution is 5.91. The van der Waals surface area contributed by atoms with Crippen molar-refractivity contribution in [1.82, 2.24) is 4.90 Å². The highest BCUT2D eigenvalue weighted by Crippen LogP contribution is 2.23. The SMILES string of the molecule is CCOC(Cc1ccc(OCCN(CCCc2ccc(F)cc2)C(=O)Nc2ccccc2OC)cc1)C(=O)O. The van der Waals surface area contributed by atoms with Gasteiger partial charge in [-0.15, -0.1) is 0 Å². The van der Waals surface area contributed by atoms with E-state index in [4.69, 9.17) is 14.2 Å². The molecule has 0 saturated heterocycles. The molecule has 0 radical (unpaired) electrons. The summed E-state index contributed by atoms with van der Waals surface area (Å²) in [4.78, 5) is 26.2. The summed E-state index contributed by atoms with van der Waals surface area (Å²) in [6.45, 7) is 3.14. The predicted octanol–water partition coefficient (Wildman–Crippen LogP) is 5.41. The topological polar surface area (TPSA) is 97.3 Å². The molecule has 2 amide bonds. The minimum Gasteiger partial charge on any atom is -0.495 e. The third-order valence-corrected chi connectivity index (χ3v) is 6.06. The Morgan fingerprint density at radius 3 is 2.33 bits per heavy atom. The van der Waals surface area contributed by atoms with Crippen LogP contribution < -0.4 is 14.8 Å². The second kappa shape index (κ2) is 15.3. The number of ether oxygens (including phenoxy) is 3. The molecule has 9 heteroatoms. The Balaban J connectivity index is 1.59. The van der Waals surface area contributed by atoms with E-state index in [0.717, 1.165) is 11.1 Å². The fraction of sp³-hybridized carbons (Fsp3) is 0.333. The Morgan fingerprint density at radius 2 is 1.67 bits per heavy atom. The van der Waals surface area contributed by atoms with Crippen LogP contribution >= 0.6 is 0 Å². The van der Waals surface area contributed by atoms with Crippen LogP contribution in [0.4, 0.5) is 14.9 Å². The summed E-state index contributed by atoms with van der Waals surface area (Å²) in [5.74, 6) is -0.109. The molecule has 0 bridgehead atoms. The molecule has 1 atom stereocenters. The number of anilines is 1. The Morgan fingerprint density at radius 1 is 0.974 bits per heavy atom. The van der Waals surface area contributed by atoms with Crippen molar-refractivity contribution in [1.29, 1.82) is 0 Å². The Labute approximate surface area is 228 Å². The Hall–Kier alpha value is -4.11. The summed E-state index contributed by atoms with van der Waals surface area (Å²) in [5, 5.41) is 12.2. The standard InChI is InChI=1S/C30H35FN2O6/c1-3-38-28(29(34)35)21-23-12-16-25(17-13-23)39-20-19-33(18-6-7-22-10-14-24(31)15-11-22)30(36)32-26-8-4-5-9-27(26)37-2/h4-5,8-17,28H,3,6-7,18-21H2,1-2H3,(H,32,36)(H,34,35). The molecule has 0 spiro atoms. The number of hydrogen-bond acceptors (Lipinski definition) is 5. The zero-order valence-electron chi connectivity index (χ0n) is 22.3. The molecule has 0 fully saturated rings. The second-order valence-corrected chi connectivity index (χ2v) is 8.83. The number of amides is 2. The quantitative estimate of drug-likeness (QED) is 0.269. The zero-order valence-corrected chi connectivity index (χ0v) is 22.3. The van der Waals surface area contributed by atoms with Crippen LogP contribution in [0.15, 0.2) is 72.8 Å². The van der Waals surface area contributed by atoms with E-state index < -0.39 is 12.1 Å². The van der Waals surface area contributed by atoms with Crippen molar-refractivity contribution in [2.24, 2.45) is 0 Å². The average molecular weight is 539 g/mol. The predicted molar refractivity (Wildman–Crippen MR) is 147 cm³/mol. The van der Waals surface area contributed by atoms with E-state index in [1.165, 1.54) is 12.1 Å². The van der Waals surface area contributed by atoms with E-state index in [0.29, 0.717) is 49.7 Å². The minimum atomic E-state index is -0.997. The third kappa shape index (κ3) is 9.61. The van der Waals surface area contributed by atoms with Crippen LogP contribution in [0.25, 0.3) is 0 Å². The van der Waals surface area contributed by atoms with E-state index in [1.807, 2.05) is 12.1 Å². The van der Waals surface area contributed by atoms with Crippen molar-refractivity contribution in [3.8, 4) is 11.5 Å². The molecule has 8 nitrogen and oxygen atoms in total. The van der Waals surface area contributed by atoms with E-state index in [-0.39, 0.29) is 24.9 Å². The number of carbonyl (C=O) groups excluding carboxylic acids is 1. The molecular formula is C30H35FN2O6. The average Bonchev–Trinajstić information content (AvgIpc) is 2.94. The molecule has 3 rings (SSSR count). The number of carboxylic acid groups (broad SMARTS) is 1. The Kier molecular flexibility index (Phi) is 11.6. The van der Waals surface area contributed by atoms with Gasteiger partial charge in [0.2, 0.25) is 0 Å². The highest BCUT2D eigenvalue weighted by atomic mass is 19.1. The van der Waals surface area contributed by atoms with Crippen molar-refractivity contribution in [3.05, 3.63) is 89.7 Å². The summed E-state index contributed by atoms with van der Waals surface area (Å²) < 4.78 is 29.7. The number of para-hydroxylation sites is 2. The van der Waals surface area contributed by atoms with Gasteiger partial charge < -0.3 is 29.5 Å². The smallest absolute Gasteiger partial charge is 0.333 e. The maximum Gasteiger partial charge on any atom is 0.333 e. The van der Waals surface area contributed by atoms with Gasteiger partial charge in [-0.3, -0.25) is 0 Å². The molecule has 3 aromatic carbocycles. The number of benzene rings is 3. The zero-order chi connectivity index (χ0) is 28.0. The van der Waals surface area contributed by atoms with Crippen LogP contribution in [0.2, 0.25) is 0 Å². The number of halogens is 1. The van der Waals surface area contributed by atoms with E-state index in [1.54, 1.807) is 67.5 Å².